The molecule has 8 atom stereocenters. The molecule has 8 unspecified atom stereocenters. The molecule has 2 aromatic heterocycles. The zero-order chi connectivity index (χ0) is 22.8. The Morgan fingerprint density at radius 2 is 1.97 bits per heavy atom. The molecule has 2 aliphatic carbocycles. The first-order chi connectivity index (χ1) is 15.1. The molecule has 3 heterocycles. The topological polar surface area (TPSA) is 113 Å². The van der Waals surface area contributed by atoms with Crippen LogP contribution in [0.15, 0.2) is 39.8 Å². The van der Waals surface area contributed by atoms with Crippen LogP contribution >= 0.6 is 0 Å². The van der Waals surface area contributed by atoms with Gasteiger partial charge in [0.1, 0.15) is 22.7 Å². The highest BCUT2D eigenvalue weighted by Crippen LogP contribution is 2.62. The second kappa shape index (κ2) is 7.40. The zero-order valence-electron chi connectivity index (χ0n) is 18.7. The van der Waals surface area contributed by atoms with Crippen molar-refractivity contribution in [2.75, 3.05) is 0 Å². The summed E-state index contributed by atoms with van der Waals surface area (Å²) < 4.78 is 12.0. The predicted molar refractivity (Wildman–Crippen MR) is 117 cm³/mol. The van der Waals surface area contributed by atoms with E-state index < -0.39 is 40.9 Å². The fourth-order valence-electron chi connectivity index (χ4n) is 6.66. The van der Waals surface area contributed by atoms with Gasteiger partial charge in [0.2, 0.25) is 0 Å². The quantitative estimate of drug-likeness (QED) is 0.623. The monoisotopic (exact) mass is 441 g/mol. The van der Waals surface area contributed by atoms with Crippen LogP contribution in [0.25, 0.3) is 11.3 Å². The Morgan fingerprint density at radius 3 is 2.69 bits per heavy atom. The van der Waals surface area contributed by atoms with E-state index in [9.17, 15) is 20.1 Å². The lowest BCUT2D eigenvalue weighted by Crippen LogP contribution is -2.66. The molecule has 2 aromatic rings. The van der Waals surface area contributed by atoms with Crippen LogP contribution in [0.4, 0.5) is 0 Å². The Hall–Kier alpha value is -2.22. The van der Waals surface area contributed by atoms with E-state index in [1.165, 1.54) is 0 Å². The summed E-state index contributed by atoms with van der Waals surface area (Å²) in [5.41, 5.74) is -1.40. The molecule has 0 saturated heterocycles. The molecule has 5 rings (SSSR count). The summed E-state index contributed by atoms with van der Waals surface area (Å²) in [4.78, 5) is 17.1. The number of pyridine rings is 1. The Morgan fingerprint density at radius 1 is 1.19 bits per heavy atom. The lowest BCUT2D eigenvalue weighted by molar-refractivity contribution is -0.220. The SMILES string of the molecule is CC1CC2CC(O)C3(C)Oc4cc(-c5cccnc5)oc(=O)c4C(O)C3C2(C)CCC1O. The Kier molecular flexibility index (Phi) is 5.00. The molecular formula is C25H31NO6. The lowest BCUT2D eigenvalue weighted by Gasteiger charge is -2.60. The summed E-state index contributed by atoms with van der Waals surface area (Å²) in [6.45, 7) is 5.98. The van der Waals surface area contributed by atoms with Gasteiger partial charge in [-0.25, -0.2) is 4.79 Å². The van der Waals surface area contributed by atoms with Crippen molar-refractivity contribution in [1.82, 2.24) is 4.98 Å². The zero-order valence-corrected chi connectivity index (χ0v) is 18.7. The summed E-state index contributed by atoms with van der Waals surface area (Å²) in [5, 5.41) is 33.4. The van der Waals surface area contributed by atoms with Crippen molar-refractivity contribution in [3.8, 4) is 17.1 Å². The van der Waals surface area contributed by atoms with Gasteiger partial charge < -0.3 is 24.5 Å². The van der Waals surface area contributed by atoms with Gasteiger partial charge in [0.25, 0.3) is 0 Å². The van der Waals surface area contributed by atoms with Crippen LogP contribution in [0.5, 0.6) is 5.75 Å². The molecule has 2 fully saturated rings. The molecule has 0 aromatic carbocycles. The summed E-state index contributed by atoms with van der Waals surface area (Å²) >= 11 is 0. The van der Waals surface area contributed by atoms with Gasteiger partial charge in [0, 0.05) is 29.9 Å². The third-order valence-electron chi connectivity index (χ3n) is 8.56. The van der Waals surface area contributed by atoms with Crippen molar-refractivity contribution in [2.45, 2.75) is 70.4 Å². The number of rotatable bonds is 1. The minimum atomic E-state index is -1.14. The molecule has 7 nitrogen and oxygen atoms in total. The summed E-state index contributed by atoms with van der Waals surface area (Å²) in [6.07, 6.45) is 3.44. The Labute approximate surface area is 187 Å². The molecule has 0 amide bonds. The van der Waals surface area contributed by atoms with E-state index in [0.717, 1.165) is 6.42 Å². The first-order valence-corrected chi connectivity index (χ1v) is 11.5. The van der Waals surface area contributed by atoms with Crippen molar-refractivity contribution in [2.24, 2.45) is 23.2 Å². The molecule has 1 aliphatic heterocycles. The number of ether oxygens (including phenoxy) is 1. The maximum Gasteiger partial charge on any atom is 0.345 e. The minimum Gasteiger partial charge on any atom is -0.484 e. The minimum absolute atomic E-state index is 0.101. The van der Waals surface area contributed by atoms with E-state index in [-0.39, 0.29) is 23.1 Å². The number of fused-ring (bicyclic) bond motifs is 4. The highest BCUT2D eigenvalue weighted by atomic mass is 16.5. The molecule has 0 radical (unpaired) electrons. The first kappa shape index (κ1) is 21.6. The van der Waals surface area contributed by atoms with Gasteiger partial charge in [-0.3, -0.25) is 4.98 Å². The first-order valence-electron chi connectivity index (χ1n) is 11.5. The average molecular weight is 442 g/mol. The summed E-state index contributed by atoms with van der Waals surface area (Å²) in [6, 6.07) is 5.13. The maximum absolute atomic E-state index is 13.0. The van der Waals surface area contributed by atoms with Gasteiger partial charge in [-0.2, -0.15) is 0 Å². The lowest BCUT2D eigenvalue weighted by atomic mass is 9.50. The molecule has 0 spiro atoms. The van der Waals surface area contributed by atoms with E-state index in [1.807, 2.05) is 13.8 Å². The van der Waals surface area contributed by atoms with Crippen molar-refractivity contribution >= 4 is 0 Å². The Balaban J connectivity index is 1.63. The molecule has 3 N–H and O–H groups in total. The van der Waals surface area contributed by atoms with Crippen LogP contribution in [-0.4, -0.2) is 38.1 Å². The fourth-order valence-corrected chi connectivity index (χ4v) is 6.66. The van der Waals surface area contributed by atoms with E-state index in [0.29, 0.717) is 30.6 Å². The highest BCUT2D eigenvalue weighted by Gasteiger charge is 2.64. The van der Waals surface area contributed by atoms with Crippen LogP contribution in [0.3, 0.4) is 0 Å². The number of nitrogens with zero attached hydrogens (tertiary/aromatic N) is 1. The van der Waals surface area contributed by atoms with Crippen LogP contribution < -0.4 is 10.4 Å². The van der Waals surface area contributed by atoms with Crippen molar-refractivity contribution in [1.29, 1.82) is 0 Å². The van der Waals surface area contributed by atoms with Gasteiger partial charge >= 0.3 is 5.63 Å². The predicted octanol–water partition coefficient (Wildman–Crippen LogP) is 3.07. The molecular weight excluding hydrogens is 410 g/mol. The van der Waals surface area contributed by atoms with E-state index in [1.54, 1.807) is 30.6 Å². The smallest absolute Gasteiger partial charge is 0.345 e. The second-order valence-corrected chi connectivity index (χ2v) is 10.4. The van der Waals surface area contributed by atoms with Gasteiger partial charge in [-0.05, 0) is 62.0 Å². The number of hydrogen-bond acceptors (Lipinski definition) is 7. The van der Waals surface area contributed by atoms with Gasteiger partial charge in [0.05, 0.1) is 18.3 Å². The second-order valence-electron chi connectivity index (χ2n) is 10.4. The highest BCUT2D eigenvalue weighted by molar-refractivity contribution is 5.59. The number of hydrogen-bond donors (Lipinski definition) is 3. The van der Waals surface area contributed by atoms with Crippen LogP contribution in [0.1, 0.15) is 58.1 Å². The van der Waals surface area contributed by atoms with Gasteiger partial charge in [-0.15, -0.1) is 0 Å². The van der Waals surface area contributed by atoms with Crippen molar-refractivity contribution < 1.29 is 24.5 Å². The number of aliphatic hydroxyl groups is 3. The van der Waals surface area contributed by atoms with Gasteiger partial charge in [-0.1, -0.05) is 13.8 Å². The molecule has 2 saturated carbocycles. The van der Waals surface area contributed by atoms with E-state index in [4.69, 9.17) is 9.15 Å². The van der Waals surface area contributed by atoms with Crippen molar-refractivity contribution in [3.05, 3.63) is 46.6 Å². The molecule has 172 valence electrons. The van der Waals surface area contributed by atoms with Crippen LogP contribution in [-0.2, 0) is 0 Å². The van der Waals surface area contributed by atoms with Gasteiger partial charge in [0.15, 0.2) is 0 Å². The normalized spacial score (nSPS) is 40.9. The maximum atomic E-state index is 13.0. The molecule has 7 heteroatoms. The average Bonchev–Trinajstić information content (AvgIpc) is 2.85. The summed E-state index contributed by atoms with van der Waals surface area (Å²) in [7, 11) is 0. The van der Waals surface area contributed by atoms with Crippen LogP contribution in [0.2, 0.25) is 0 Å². The fraction of sp³-hybridized carbons (Fsp3) is 0.600. The van der Waals surface area contributed by atoms with Crippen LogP contribution in [0, 0.1) is 23.2 Å². The van der Waals surface area contributed by atoms with E-state index >= 15 is 0 Å². The third-order valence-corrected chi connectivity index (χ3v) is 8.56. The number of aromatic nitrogens is 1. The molecule has 3 aliphatic rings. The Bertz CT molecular complexity index is 1070. The molecule has 0 bridgehead atoms. The molecule has 32 heavy (non-hydrogen) atoms. The largest absolute Gasteiger partial charge is 0.484 e. The number of aliphatic hydroxyl groups excluding tert-OH is 3. The van der Waals surface area contributed by atoms with Crippen molar-refractivity contribution in [3.63, 3.8) is 0 Å². The summed E-state index contributed by atoms with van der Waals surface area (Å²) in [5.74, 6) is 0.246. The van der Waals surface area contributed by atoms with E-state index in [2.05, 4.69) is 11.9 Å². The third kappa shape index (κ3) is 3.05. The standard InChI is InChI=1S/C25H31NO6/c1-13-9-15-10-19(28)25(3)22(24(15,2)7-6-16(13)27)21(29)20-18(32-25)11-17(31-23(20)30)14-5-4-8-26-12-14/h4-5,8,11-13,15-16,19,21-22,27-29H,6-7,9-10H2,1-3H3.